The lowest BCUT2D eigenvalue weighted by Gasteiger charge is -2.07. The third kappa shape index (κ3) is 2.95. The van der Waals surface area contributed by atoms with Crippen LogP contribution in [0.5, 0.6) is 0 Å². The molecule has 0 saturated carbocycles. The third-order valence-corrected chi connectivity index (χ3v) is 3.07. The minimum atomic E-state index is 0.477. The van der Waals surface area contributed by atoms with Crippen LogP contribution in [0.15, 0.2) is 0 Å². The Kier molecular flexibility index (Phi) is 3.66. The molecule has 3 nitrogen and oxygen atoms in total. The highest BCUT2D eigenvalue weighted by atomic mass is 32.1. The van der Waals surface area contributed by atoms with E-state index in [-0.39, 0.29) is 0 Å². The Labute approximate surface area is 83.6 Å². The van der Waals surface area contributed by atoms with Crippen LogP contribution in [0.2, 0.25) is 0 Å². The van der Waals surface area contributed by atoms with E-state index < -0.39 is 0 Å². The summed E-state index contributed by atoms with van der Waals surface area (Å²) in [7, 11) is 0. The summed E-state index contributed by atoms with van der Waals surface area (Å²) >= 11 is 1.65. The SMILES string of the molecule is CCC(C)Nc1nnc(C(C)C)s1. The summed E-state index contributed by atoms with van der Waals surface area (Å²) in [6.07, 6.45) is 1.11. The molecule has 0 aliphatic rings. The molecule has 0 spiro atoms. The molecular weight excluding hydrogens is 182 g/mol. The fourth-order valence-corrected chi connectivity index (χ4v) is 1.70. The van der Waals surface area contributed by atoms with E-state index in [2.05, 4.69) is 43.2 Å². The lowest BCUT2D eigenvalue weighted by atomic mass is 10.2. The van der Waals surface area contributed by atoms with Crippen molar-refractivity contribution in [2.75, 3.05) is 5.32 Å². The van der Waals surface area contributed by atoms with Crippen molar-refractivity contribution in [2.24, 2.45) is 0 Å². The van der Waals surface area contributed by atoms with Crippen LogP contribution >= 0.6 is 11.3 Å². The summed E-state index contributed by atoms with van der Waals surface area (Å²) in [6.45, 7) is 8.57. The Morgan fingerprint density at radius 3 is 2.46 bits per heavy atom. The highest BCUT2D eigenvalue weighted by Gasteiger charge is 2.08. The van der Waals surface area contributed by atoms with Crippen molar-refractivity contribution in [1.82, 2.24) is 10.2 Å². The molecule has 1 aromatic heterocycles. The minimum absolute atomic E-state index is 0.477. The first-order valence-corrected chi connectivity index (χ1v) is 5.55. The summed E-state index contributed by atoms with van der Waals surface area (Å²) in [5.41, 5.74) is 0. The van der Waals surface area contributed by atoms with Crippen LogP contribution in [0, 0.1) is 0 Å². The molecule has 13 heavy (non-hydrogen) atoms. The van der Waals surface area contributed by atoms with Gasteiger partial charge >= 0.3 is 0 Å². The number of nitrogens with zero attached hydrogens (tertiary/aromatic N) is 2. The fourth-order valence-electron chi connectivity index (χ4n) is 0.839. The lowest BCUT2D eigenvalue weighted by molar-refractivity contribution is 0.758. The summed E-state index contributed by atoms with van der Waals surface area (Å²) in [5, 5.41) is 13.5. The first-order valence-electron chi connectivity index (χ1n) is 4.73. The van der Waals surface area contributed by atoms with Gasteiger partial charge in [-0.25, -0.2) is 0 Å². The van der Waals surface area contributed by atoms with Gasteiger partial charge in [0.05, 0.1) is 0 Å². The van der Waals surface area contributed by atoms with Crippen molar-refractivity contribution < 1.29 is 0 Å². The Hall–Kier alpha value is -0.640. The van der Waals surface area contributed by atoms with Gasteiger partial charge in [0, 0.05) is 12.0 Å². The van der Waals surface area contributed by atoms with Crippen molar-refractivity contribution >= 4 is 16.5 Å². The molecule has 0 radical (unpaired) electrons. The number of aromatic nitrogens is 2. The standard InChI is InChI=1S/C9H17N3S/c1-5-7(4)10-9-12-11-8(13-9)6(2)3/h6-7H,5H2,1-4H3,(H,10,12). The smallest absolute Gasteiger partial charge is 0.205 e. The molecule has 1 unspecified atom stereocenters. The number of rotatable bonds is 4. The minimum Gasteiger partial charge on any atom is -0.358 e. The van der Waals surface area contributed by atoms with E-state index in [0.717, 1.165) is 16.6 Å². The van der Waals surface area contributed by atoms with Gasteiger partial charge in [-0.2, -0.15) is 0 Å². The van der Waals surface area contributed by atoms with E-state index in [1.54, 1.807) is 11.3 Å². The van der Waals surface area contributed by atoms with Crippen molar-refractivity contribution in [2.45, 2.75) is 46.1 Å². The number of nitrogens with one attached hydrogen (secondary N) is 1. The van der Waals surface area contributed by atoms with Crippen molar-refractivity contribution in [3.63, 3.8) is 0 Å². The molecule has 0 aliphatic carbocycles. The van der Waals surface area contributed by atoms with Gasteiger partial charge in [-0.3, -0.25) is 0 Å². The van der Waals surface area contributed by atoms with Crippen LogP contribution in [0.3, 0.4) is 0 Å². The van der Waals surface area contributed by atoms with Crippen LogP contribution in [-0.2, 0) is 0 Å². The van der Waals surface area contributed by atoms with Crippen LogP contribution < -0.4 is 5.32 Å². The first-order chi connectivity index (χ1) is 6.13. The zero-order valence-corrected chi connectivity index (χ0v) is 9.48. The van der Waals surface area contributed by atoms with E-state index in [9.17, 15) is 0 Å². The monoisotopic (exact) mass is 199 g/mol. The van der Waals surface area contributed by atoms with Crippen molar-refractivity contribution in [3.05, 3.63) is 5.01 Å². The van der Waals surface area contributed by atoms with Gasteiger partial charge in [0.1, 0.15) is 5.01 Å². The normalized spacial score (nSPS) is 13.3. The highest BCUT2D eigenvalue weighted by molar-refractivity contribution is 7.15. The molecule has 0 amide bonds. The molecule has 1 rings (SSSR count). The molecule has 4 heteroatoms. The largest absolute Gasteiger partial charge is 0.358 e. The molecule has 1 atom stereocenters. The Morgan fingerprint density at radius 2 is 2.00 bits per heavy atom. The van der Waals surface area contributed by atoms with Gasteiger partial charge in [0.25, 0.3) is 0 Å². The van der Waals surface area contributed by atoms with E-state index >= 15 is 0 Å². The predicted octanol–water partition coefficient (Wildman–Crippen LogP) is 2.87. The van der Waals surface area contributed by atoms with E-state index in [1.807, 2.05) is 0 Å². The van der Waals surface area contributed by atoms with E-state index in [4.69, 9.17) is 0 Å². The molecule has 0 bridgehead atoms. The molecular formula is C9H17N3S. The van der Waals surface area contributed by atoms with Gasteiger partial charge in [0.15, 0.2) is 0 Å². The molecule has 0 aliphatic heterocycles. The maximum Gasteiger partial charge on any atom is 0.205 e. The highest BCUT2D eigenvalue weighted by Crippen LogP contribution is 2.22. The van der Waals surface area contributed by atoms with E-state index in [1.165, 1.54) is 0 Å². The molecule has 74 valence electrons. The second-order valence-corrected chi connectivity index (χ2v) is 4.56. The van der Waals surface area contributed by atoms with Gasteiger partial charge in [-0.1, -0.05) is 32.1 Å². The zero-order valence-electron chi connectivity index (χ0n) is 8.66. The summed E-state index contributed by atoms with van der Waals surface area (Å²) < 4.78 is 0. The molecule has 0 saturated heterocycles. The van der Waals surface area contributed by atoms with Gasteiger partial charge in [0.2, 0.25) is 5.13 Å². The summed E-state index contributed by atoms with van der Waals surface area (Å²) in [5.74, 6) is 0.477. The molecule has 0 fully saturated rings. The maximum absolute atomic E-state index is 4.11. The topological polar surface area (TPSA) is 37.8 Å². The zero-order chi connectivity index (χ0) is 9.84. The van der Waals surface area contributed by atoms with E-state index in [0.29, 0.717) is 12.0 Å². The molecule has 1 N–H and O–H groups in total. The number of hydrogen-bond donors (Lipinski definition) is 1. The van der Waals surface area contributed by atoms with Crippen LogP contribution in [0.4, 0.5) is 5.13 Å². The quantitative estimate of drug-likeness (QED) is 0.810. The second-order valence-electron chi connectivity index (χ2n) is 3.55. The van der Waals surface area contributed by atoms with Crippen molar-refractivity contribution in [3.8, 4) is 0 Å². The Morgan fingerprint density at radius 1 is 1.31 bits per heavy atom. The number of anilines is 1. The van der Waals surface area contributed by atoms with Crippen LogP contribution in [-0.4, -0.2) is 16.2 Å². The molecule has 0 aromatic carbocycles. The summed E-state index contributed by atoms with van der Waals surface area (Å²) in [4.78, 5) is 0. The first kappa shape index (κ1) is 10.4. The molecule has 1 aromatic rings. The van der Waals surface area contributed by atoms with Crippen LogP contribution in [0.25, 0.3) is 0 Å². The van der Waals surface area contributed by atoms with Gasteiger partial charge in [-0.15, -0.1) is 10.2 Å². The van der Waals surface area contributed by atoms with Gasteiger partial charge in [-0.05, 0) is 13.3 Å². The van der Waals surface area contributed by atoms with Gasteiger partial charge < -0.3 is 5.32 Å². The third-order valence-electron chi connectivity index (χ3n) is 1.92. The fraction of sp³-hybridized carbons (Fsp3) is 0.778. The lowest BCUT2D eigenvalue weighted by Crippen LogP contribution is -2.12. The number of hydrogen-bond acceptors (Lipinski definition) is 4. The van der Waals surface area contributed by atoms with Crippen molar-refractivity contribution in [1.29, 1.82) is 0 Å². The maximum atomic E-state index is 4.11. The second kappa shape index (κ2) is 4.56. The van der Waals surface area contributed by atoms with Crippen LogP contribution in [0.1, 0.15) is 45.0 Å². The molecule has 1 heterocycles. The average molecular weight is 199 g/mol. The summed E-state index contributed by atoms with van der Waals surface area (Å²) in [6, 6.07) is 0.480. The Bertz CT molecular complexity index is 257. The average Bonchev–Trinajstić information content (AvgIpc) is 2.52. The predicted molar refractivity (Wildman–Crippen MR) is 57.4 cm³/mol. The Balaban J connectivity index is 2.58.